The summed E-state index contributed by atoms with van der Waals surface area (Å²) < 4.78 is 0. The third kappa shape index (κ3) is 1.99. The van der Waals surface area contributed by atoms with Gasteiger partial charge in [-0.25, -0.2) is 9.78 Å². The van der Waals surface area contributed by atoms with Crippen molar-refractivity contribution in [1.29, 1.82) is 0 Å². The molecule has 2 aromatic heterocycles. The summed E-state index contributed by atoms with van der Waals surface area (Å²) in [6.07, 6.45) is 1.62. The topological polar surface area (TPSA) is 79.3 Å². The number of carboxylic acids is 1. The Morgan fingerprint density at radius 2 is 2.18 bits per heavy atom. The summed E-state index contributed by atoms with van der Waals surface area (Å²) in [5.74, 6) is -1.35. The van der Waals surface area contributed by atoms with Crippen LogP contribution in [0.15, 0.2) is 12.3 Å². The summed E-state index contributed by atoms with van der Waals surface area (Å²) in [4.78, 5) is 27.1. The first kappa shape index (κ1) is 11.5. The lowest BCUT2D eigenvalue weighted by Gasteiger charge is -2.03. The number of aryl methyl sites for hydroxylation is 1. The van der Waals surface area contributed by atoms with Gasteiger partial charge >= 0.3 is 5.97 Å². The number of pyridine rings is 1. The van der Waals surface area contributed by atoms with Crippen molar-refractivity contribution in [2.45, 2.75) is 13.8 Å². The van der Waals surface area contributed by atoms with Gasteiger partial charge in [0, 0.05) is 18.5 Å². The second kappa shape index (κ2) is 4.14. The number of thiophene rings is 1. The number of amides is 1. The Morgan fingerprint density at radius 3 is 2.76 bits per heavy atom. The predicted octanol–water partition coefficient (Wildman–Crippen LogP) is 2.26. The number of rotatable bonds is 2. The average molecular weight is 250 g/mol. The summed E-state index contributed by atoms with van der Waals surface area (Å²) in [6, 6.07) is 1.78. The molecule has 0 bridgehead atoms. The van der Waals surface area contributed by atoms with Crippen molar-refractivity contribution in [2.75, 3.05) is 5.32 Å². The van der Waals surface area contributed by atoms with E-state index in [2.05, 4.69) is 10.3 Å². The number of carboxylic acid groups (broad SMARTS) is 1. The zero-order chi connectivity index (χ0) is 12.6. The quantitative estimate of drug-likeness (QED) is 0.856. The number of nitrogens with zero attached hydrogens (tertiary/aromatic N) is 1. The van der Waals surface area contributed by atoms with Crippen molar-refractivity contribution in [1.82, 2.24) is 4.98 Å². The van der Waals surface area contributed by atoms with Gasteiger partial charge in [-0.15, -0.1) is 11.3 Å². The van der Waals surface area contributed by atoms with Crippen LogP contribution in [0.4, 0.5) is 5.69 Å². The minimum Gasteiger partial charge on any atom is -0.477 e. The molecule has 0 fully saturated rings. The van der Waals surface area contributed by atoms with Gasteiger partial charge in [0.05, 0.1) is 5.69 Å². The highest BCUT2D eigenvalue weighted by molar-refractivity contribution is 7.21. The van der Waals surface area contributed by atoms with Gasteiger partial charge in [-0.3, -0.25) is 4.79 Å². The molecule has 2 rings (SSSR count). The lowest BCUT2D eigenvalue weighted by atomic mass is 10.1. The van der Waals surface area contributed by atoms with Crippen molar-refractivity contribution in [2.24, 2.45) is 0 Å². The van der Waals surface area contributed by atoms with Gasteiger partial charge in [0.1, 0.15) is 9.71 Å². The fraction of sp³-hybridized carbons (Fsp3) is 0.182. The molecule has 5 nitrogen and oxygen atoms in total. The fourth-order valence-electron chi connectivity index (χ4n) is 1.62. The predicted molar refractivity (Wildman–Crippen MR) is 65.6 cm³/mol. The number of aromatic nitrogens is 1. The molecule has 0 aromatic carbocycles. The molecule has 0 unspecified atom stereocenters. The third-order valence-corrected chi connectivity index (χ3v) is 3.38. The van der Waals surface area contributed by atoms with Crippen molar-refractivity contribution < 1.29 is 14.7 Å². The van der Waals surface area contributed by atoms with Crippen LogP contribution in [0.2, 0.25) is 0 Å². The van der Waals surface area contributed by atoms with Crippen molar-refractivity contribution in [3.05, 3.63) is 22.7 Å². The molecule has 1 amide bonds. The molecule has 17 heavy (non-hydrogen) atoms. The molecule has 2 N–H and O–H groups in total. The molecule has 88 valence electrons. The first-order chi connectivity index (χ1) is 8.00. The highest BCUT2D eigenvalue weighted by atomic mass is 32.1. The Bertz CT molecular complexity index is 618. The molecular formula is C11H10N2O3S. The number of carbonyl (C=O) groups is 2. The van der Waals surface area contributed by atoms with Gasteiger partial charge in [-0.05, 0) is 18.6 Å². The second-order valence-corrected chi connectivity index (χ2v) is 4.60. The monoisotopic (exact) mass is 250 g/mol. The smallest absolute Gasteiger partial charge is 0.348 e. The van der Waals surface area contributed by atoms with E-state index in [0.717, 1.165) is 16.9 Å². The van der Waals surface area contributed by atoms with E-state index in [-0.39, 0.29) is 10.8 Å². The van der Waals surface area contributed by atoms with Crippen LogP contribution in [0.5, 0.6) is 0 Å². The zero-order valence-electron chi connectivity index (χ0n) is 9.27. The minimum absolute atomic E-state index is 0.108. The largest absolute Gasteiger partial charge is 0.477 e. The van der Waals surface area contributed by atoms with Gasteiger partial charge in [-0.2, -0.15) is 0 Å². The van der Waals surface area contributed by atoms with Gasteiger partial charge in [0.15, 0.2) is 0 Å². The van der Waals surface area contributed by atoms with E-state index in [1.54, 1.807) is 12.3 Å². The van der Waals surface area contributed by atoms with Gasteiger partial charge in [0.2, 0.25) is 5.91 Å². The summed E-state index contributed by atoms with van der Waals surface area (Å²) >= 11 is 1.06. The van der Waals surface area contributed by atoms with E-state index in [9.17, 15) is 9.59 Å². The van der Waals surface area contributed by atoms with Gasteiger partial charge in [0.25, 0.3) is 0 Å². The average Bonchev–Trinajstić information content (AvgIpc) is 2.57. The van der Waals surface area contributed by atoms with E-state index < -0.39 is 5.97 Å². The van der Waals surface area contributed by atoms with Crippen molar-refractivity contribution >= 4 is 39.1 Å². The molecule has 0 spiro atoms. The molecule has 2 heterocycles. The van der Waals surface area contributed by atoms with Crippen LogP contribution < -0.4 is 5.32 Å². The maximum absolute atomic E-state index is 11.1. The van der Waals surface area contributed by atoms with Crippen LogP contribution in [0.1, 0.15) is 22.2 Å². The second-order valence-electron chi connectivity index (χ2n) is 3.60. The van der Waals surface area contributed by atoms with E-state index in [1.165, 1.54) is 6.92 Å². The Labute approximate surface area is 101 Å². The lowest BCUT2D eigenvalue weighted by molar-refractivity contribution is -0.114. The van der Waals surface area contributed by atoms with E-state index >= 15 is 0 Å². The van der Waals surface area contributed by atoms with E-state index in [0.29, 0.717) is 15.9 Å². The molecule has 0 atom stereocenters. The Kier molecular flexibility index (Phi) is 2.81. The van der Waals surface area contributed by atoms with Crippen LogP contribution in [0.3, 0.4) is 0 Å². The van der Waals surface area contributed by atoms with Gasteiger partial charge < -0.3 is 10.4 Å². The molecule has 0 saturated heterocycles. The molecule has 6 heteroatoms. The lowest BCUT2D eigenvalue weighted by Crippen LogP contribution is -2.09. The number of carbonyl (C=O) groups excluding carboxylic acids is 1. The Balaban J connectivity index is 2.77. The summed E-state index contributed by atoms with van der Waals surface area (Å²) in [7, 11) is 0. The normalized spacial score (nSPS) is 10.5. The molecule has 0 radical (unpaired) electrons. The SMILES string of the molecule is CC(=O)Nc1c(C(=O)O)sc2nccc(C)c12. The number of nitrogens with one attached hydrogen (secondary N) is 1. The van der Waals surface area contributed by atoms with Crippen LogP contribution >= 0.6 is 11.3 Å². The molecule has 0 saturated carbocycles. The standard InChI is InChI=1S/C11H10N2O3S/c1-5-3-4-12-10-7(5)8(13-6(2)14)9(17-10)11(15)16/h3-4H,1-2H3,(H,13,14)(H,15,16). The van der Waals surface area contributed by atoms with Crippen LogP contribution in [0, 0.1) is 6.92 Å². The zero-order valence-corrected chi connectivity index (χ0v) is 10.1. The van der Waals surface area contributed by atoms with Crippen molar-refractivity contribution in [3.63, 3.8) is 0 Å². The maximum Gasteiger partial charge on any atom is 0.348 e. The number of anilines is 1. The Morgan fingerprint density at radius 1 is 1.47 bits per heavy atom. The summed E-state index contributed by atoms with van der Waals surface area (Å²) in [5.41, 5.74) is 1.23. The van der Waals surface area contributed by atoms with Crippen LogP contribution in [-0.2, 0) is 4.79 Å². The Hall–Kier alpha value is -1.95. The number of hydrogen-bond donors (Lipinski definition) is 2. The third-order valence-electron chi connectivity index (χ3n) is 2.30. The maximum atomic E-state index is 11.1. The summed E-state index contributed by atoms with van der Waals surface area (Å²) in [5, 5.41) is 12.4. The highest BCUT2D eigenvalue weighted by Crippen LogP contribution is 2.36. The first-order valence-electron chi connectivity index (χ1n) is 4.89. The molecule has 0 aliphatic carbocycles. The van der Waals surface area contributed by atoms with Crippen molar-refractivity contribution in [3.8, 4) is 0 Å². The number of aromatic carboxylic acids is 1. The number of fused-ring (bicyclic) bond motifs is 1. The van der Waals surface area contributed by atoms with E-state index in [4.69, 9.17) is 5.11 Å². The fourth-order valence-corrected chi connectivity index (χ4v) is 2.64. The van der Waals surface area contributed by atoms with Crippen LogP contribution in [-0.4, -0.2) is 22.0 Å². The number of hydrogen-bond acceptors (Lipinski definition) is 4. The molecule has 2 aromatic rings. The molecule has 0 aliphatic rings. The molecular weight excluding hydrogens is 240 g/mol. The van der Waals surface area contributed by atoms with Crippen LogP contribution in [0.25, 0.3) is 10.2 Å². The highest BCUT2D eigenvalue weighted by Gasteiger charge is 2.20. The molecule has 0 aliphatic heterocycles. The minimum atomic E-state index is -1.06. The van der Waals surface area contributed by atoms with E-state index in [1.807, 2.05) is 6.92 Å². The summed E-state index contributed by atoms with van der Waals surface area (Å²) in [6.45, 7) is 3.20. The first-order valence-corrected chi connectivity index (χ1v) is 5.71. The van der Waals surface area contributed by atoms with Gasteiger partial charge in [-0.1, -0.05) is 0 Å².